The number of anilines is 1. The molecule has 16 heavy (non-hydrogen) atoms. The van der Waals surface area contributed by atoms with Crippen LogP contribution in [0.5, 0.6) is 0 Å². The zero-order valence-electron chi connectivity index (χ0n) is 9.46. The van der Waals surface area contributed by atoms with Crippen LogP contribution in [0.4, 0.5) is 5.82 Å². The molecule has 0 bridgehead atoms. The van der Waals surface area contributed by atoms with E-state index < -0.39 is 0 Å². The van der Waals surface area contributed by atoms with Gasteiger partial charge in [0.2, 0.25) is 0 Å². The van der Waals surface area contributed by atoms with E-state index in [2.05, 4.69) is 27.4 Å². The topological polar surface area (TPSA) is 55.6 Å². The van der Waals surface area contributed by atoms with Crippen molar-refractivity contribution in [1.29, 1.82) is 0 Å². The van der Waals surface area contributed by atoms with Crippen molar-refractivity contribution in [1.82, 2.24) is 19.7 Å². The highest BCUT2D eigenvalue weighted by Gasteiger charge is 2.03. The number of nitrogens with one attached hydrogen (secondary N) is 1. The van der Waals surface area contributed by atoms with Crippen LogP contribution in [0.2, 0.25) is 0 Å². The zero-order chi connectivity index (χ0) is 11.4. The van der Waals surface area contributed by atoms with Crippen LogP contribution >= 0.6 is 0 Å². The Morgan fingerprint density at radius 2 is 2.25 bits per heavy atom. The van der Waals surface area contributed by atoms with Gasteiger partial charge in [-0.15, -0.1) is 5.10 Å². The van der Waals surface area contributed by atoms with Gasteiger partial charge in [0.05, 0.1) is 12.0 Å². The summed E-state index contributed by atoms with van der Waals surface area (Å²) in [6.07, 6.45) is 5.52. The number of hydrogen-bond acceptors (Lipinski definition) is 4. The number of aryl methyl sites for hydroxylation is 1. The molecule has 2 rings (SSSR count). The predicted octanol–water partition coefficient (Wildman–Crippen LogP) is 1.48. The lowest BCUT2D eigenvalue weighted by Gasteiger charge is -2.14. The van der Waals surface area contributed by atoms with Gasteiger partial charge in [-0.2, -0.15) is 5.10 Å². The molecule has 0 aromatic carbocycles. The second kappa shape index (κ2) is 4.74. The molecule has 5 nitrogen and oxygen atoms in total. The Morgan fingerprint density at radius 1 is 1.38 bits per heavy atom. The molecule has 0 fully saturated rings. The van der Waals surface area contributed by atoms with E-state index in [1.807, 2.05) is 29.8 Å². The number of nitrogens with zero attached hydrogens (tertiary/aromatic N) is 4. The largest absolute Gasteiger partial charge is 0.364 e. The minimum absolute atomic E-state index is 0.284. The maximum Gasteiger partial charge on any atom is 0.148 e. The van der Waals surface area contributed by atoms with E-state index in [1.165, 1.54) is 0 Å². The lowest BCUT2D eigenvalue weighted by molar-refractivity contribution is 0.616. The summed E-state index contributed by atoms with van der Waals surface area (Å²) in [5.74, 6) is 0.804. The maximum atomic E-state index is 4.06. The molecule has 0 amide bonds. The van der Waals surface area contributed by atoms with Crippen molar-refractivity contribution >= 4 is 5.82 Å². The molecule has 2 aromatic rings. The monoisotopic (exact) mass is 217 g/mol. The summed E-state index contributed by atoms with van der Waals surface area (Å²) in [6.45, 7) is 4.88. The van der Waals surface area contributed by atoms with Crippen LogP contribution in [0.15, 0.2) is 30.9 Å². The fraction of sp³-hybridized carbons (Fsp3) is 0.364. The summed E-state index contributed by atoms with van der Waals surface area (Å²) < 4.78 is 2.03. The summed E-state index contributed by atoms with van der Waals surface area (Å²) in [5, 5.41) is 11.3. The highest BCUT2D eigenvalue weighted by atomic mass is 15.2. The number of aromatic nitrogens is 4. The van der Waals surface area contributed by atoms with Crippen LogP contribution in [-0.4, -0.2) is 25.8 Å². The molecule has 0 radical (unpaired) electrons. The lowest BCUT2D eigenvalue weighted by Crippen LogP contribution is -2.22. The SMILES string of the molecule is Cc1ccc(NC(C)Cn2ccnc2)nn1. The molecule has 5 heteroatoms. The van der Waals surface area contributed by atoms with Gasteiger partial charge >= 0.3 is 0 Å². The first-order valence-corrected chi connectivity index (χ1v) is 5.26. The Kier molecular flexibility index (Phi) is 3.14. The Labute approximate surface area is 94.5 Å². The van der Waals surface area contributed by atoms with Gasteiger partial charge in [-0.05, 0) is 26.0 Å². The molecule has 0 aliphatic rings. The number of rotatable bonds is 4. The average Bonchev–Trinajstić information content (AvgIpc) is 2.74. The van der Waals surface area contributed by atoms with Crippen molar-refractivity contribution in [2.75, 3.05) is 5.32 Å². The Hall–Kier alpha value is -1.91. The second-order valence-electron chi connectivity index (χ2n) is 3.86. The molecule has 1 unspecified atom stereocenters. The van der Waals surface area contributed by atoms with Crippen molar-refractivity contribution < 1.29 is 0 Å². The minimum atomic E-state index is 0.284. The van der Waals surface area contributed by atoms with E-state index in [9.17, 15) is 0 Å². The van der Waals surface area contributed by atoms with Crippen LogP contribution in [0.1, 0.15) is 12.6 Å². The standard InChI is InChI=1S/C11H15N5/c1-9-3-4-11(15-14-9)13-10(2)7-16-6-5-12-8-16/h3-6,8,10H,7H2,1-2H3,(H,13,15). The fourth-order valence-corrected chi connectivity index (χ4v) is 1.48. The van der Waals surface area contributed by atoms with E-state index in [4.69, 9.17) is 0 Å². The average molecular weight is 217 g/mol. The molecule has 0 aliphatic heterocycles. The Balaban J connectivity index is 1.92. The van der Waals surface area contributed by atoms with Crippen molar-refractivity contribution in [3.63, 3.8) is 0 Å². The van der Waals surface area contributed by atoms with Gasteiger partial charge in [0.25, 0.3) is 0 Å². The van der Waals surface area contributed by atoms with Crippen molar-refractivity contribution in [2.45, 2.75) is 26.4 Å². The fourth-order valence-electron chi connectivity index (χ4n) is 1.48. The van der Waals surface area contributed by atoms with Gasteiger partial charge < -0.3 is 9.88 Å². The van der Waals surface area contributed by atoms with Gasteiger partial charge in [0.15, 0.2) is 0 Å². The van der Waals surface area contributed by atoms with E-state index in [-0.39, 0.29) is 6.04 Å². The van der Waals surface area contributed by atoms with Crippen LogP contribution in [0.25, 0.3) is 0 Å². The van der Waals surface area contributed by atoms with Crippen LogP contribution < -0.4 is 5.32 Å². The van der Waals surface area contributed by atoms with E-state index in [0.717, 1.165) is 18.1 Å². The first-order valence-electron chi connectivity index (χ1n) is 5.26. The summed E-state index contributed by atoms with van der Waals surface area (Å²) in [6, 6.07) is 4.16. The van der Waals surface area contributed by atoms with Gasteiger partial charge in [-0.25, -0.2) is 4.98 Å². The molecule has 1 N–H and O–H groups in total. The highest BCUT2D eigenvalue weighted by molar-refractivity contribution is 5.33. The smallest absolute Gasteiger partial charge is 0.148 e. The summed E-state index contributed by atoms with van der Waals surface area (Å²) in [7, 11) is 0. The summed E-state index contributed by atoms with van der Waals surface area (Å²) in [4.78, 5) is 4.00. The predicted molar refractivity (Wildman–Crippen MR) is 62.1 cm³/mol. The van der Waals surface area contributed by atoms with Gasteiger partial charge in [-0.1, -0.05) is 0 Å². The van der Waals surface area contributed by atoms with E-state index >= 15 is 0 Å². The molecule has 0 saturated heterocycles. The highest BCUT2D eigenvalue weighted by Crippen LogP contribution is 2.04. The molecule has 2 heterocycles. The van der Waals surface area contributed by atoms with Crippen molar-refractivity contribution in [3.8, 4) is 0 Å². The Morgan fingerprint density at radius 3 is 2.88 bits per heavy atom. The molecule has 1 atom stereocenters. The normalized spacial score (nSPS) is 12.4. The third kappa shape index (κ3) is 2.79. The molecular formula is C11H15N5. The third-order valence-corrected chi connectivity index (χ3v) is 2.24. The second-order valence-corrected chi connectivity index (χ2v) is 3.86. The molecule has 0 saturated carbocycles. The van der Waals surface area contributed by atoms with Crippen molar-refractivity contribution in [3.05, 3.63) is 36.5 Å². The van der Waals surface area contributed by atoms with Gasteiger partial charge in [-0.3, -0.25) is 0 Å². The van der Waals surface area contributed by atoms with Gasteiger partial charge in [0.1, 0.15) is 5.82 Å². The molecular weight excluding hydrogens is 202 g/mol. The quantitative estimate of drug-likeness (QED) is 0.842. The van der Waals surface area contributed by atoms with E-state index in [1.54, 1.807) is 12.5 Å². The van der Waals surface area contributed by atoms with Gasteiger partial charge in [0, 0.05) is 25.0 Å². The minimum Gasteiger partial charge on any atom is -0.364 e. The molecule has 2 aromatic heterocycles. The summed E-state index contributed by atoms with van der Waals surface area (Å²) in [5.41, 5.74) is 0.924. The van der Waals surface area contributed by atoms with Crippen LogP contribution in [-0.2, 0) is 6.54 Å². The lowest BCUT2D eigenvalue weighted by atomic mass is 10.3. The van der Waals surface area contributed by atoms with Crippen LogP contribution in [0, 0.1) is 6.92 Å². The third-order valence-electron chi connectivity index (χ3n) is 2.24. The zero-order valence-corrected chi connectivity index (χ0v) is 9.46. The van der Waals surface area contributed by atoms with E-state index in [0.29, 0.717) is 0 Å². The first kappa shape index (κ1) is 10.6. The maximum absolute atomic E-state index is 4.06. The van der Waals surface area contributed by atoms with Crippen molar-refractivity contribution in [2.24, 2.45) is 0 Å². The molecule has 0 aliphatic carbocycles. The number of hydrogen-bond donors (Lipinski definition) is 1. The first-order chi connectivity index (χ1) is 7.74. The Bertz CT molecular complexity index is 420. The molecule has 0 spiro atoms. The molecule has 84 valence electrons. The number of imidazole rings is 1. The van der Waals surface area contributed by atoms with Crippen LogP contribution in [0.3, 0.4) is 0 Å². The summed E-state index contributed by atoms with van der Waals surface area (Å²) >= 11 is 0.